The molecule has 0 unspecified atom stereocenters. The molecular weight excluding hydrogens is 244 g/mol. The van der Waals surface area contributed by atoms with Crippen LogP contribution in [0.1, 0.15) is 71.1 Å². The number of unbranched alkanes of at least 4 members (excludes halogenated alkanes) is 4. The standard InChI is InChI=1S/C16H27ClO/c1-2-3-4-5-6-7-14-8-10-15(11-9-14)16(18)12-13-17/h12-15H,2-11H2,1H3/b13-12+/t14-,15-. The van der Waals surface area contributed by atoms with Gasteiger partial charge in [0.15, 0.2) is 5.78 Å². The second-order valence-electron chi connectivity index (χ2n) is 5.62. The third-order valence-corrected chi connectivity index (χ3v) is 4.32. The zero-order valence-corrected chi connectivity index (χ0v) is 12.4. The third kappa shape index (κ3) is 6.04. The highest BCUT2D eigenvalue weighted by Crippen LogP contribution is 2.32. The number of ketones is 1. The fourth-order valence-corrected chi connectivity index (χ4v) is 3.09. The lowest BCUT2D eigenvalue weighted by molar-refractivity contribution is -0.119. The van der Waals surface area contributed by atoms with E-state index in [1.54, 1.807) is 0 Å². The Labute approximate surface area is 117 Å². The highest BCUT2D eigenvalue weighted by molar-refractivity contribution is 6.26. The predicted molar refractivity (Wildman–Crippen MR) is 78.8 cm³/mol. The van der Waals surface area contributed by atoms with Gasteiger partial charge in [-0.05, 0) is 37.7 Å². The van der Waals surface area contributed by atoms with Gasteiger partial charge in [0.2, 0.25) is 0 Å². The Kier molecular flexibility index (Phi) is 8.41. The van der Waals surface area contributed by atoms with Gasteiger partial charge in [0, 0.05) is 11.5 Å². The number of carbonyl (C=O) groups excluding carboxylic acids is 1. The summed E-state index contributed by atoms with van der Waals surface area (Å²) in [5.74, 6) is 1.35. The molecule has 0 amide bonds. The van der Waals surface area contributed by atoms with Gasteiger partial charge in [-0.3, -0.25) is 4.79 Å². The Bertz CT molecular complexity index is 252. The summed E-state index contributed by atoms with van der Waals surface area (Å²) < 4.78 is 0. The Balaban J connectivity index is 2.10. The fraction of sp³-hybridized carbons (Fsp3) is 0.812. The molecule has 0 aromatic carbocycles. The third-order valence-electron chi connectivity index (χ3n) is 4.19. The maximum absolute atomic E-state index is 11.7. The SMILES string of the molecule is CCCCCCC[C@H]1CC[C@H](C(=O)/C=C/Cl)CC1. The molecule has 0 aromatic heterocycles. The van der Waals surface area contributed by atoms with Crippen molar-refractivity contribution in [1.29, 1.82) is 0 Å². The molecule has 0 saturated heterocycles. The van der Waals surface area contributed by atoms with Crippen LogP contribution in [0.4, 0.5) is 0 Å². The average molecular weight is 271 g/mol. The van der Waals surface area contributed by atoms with Crippen molar-refractivity contribution in [3.8, 4) is 0 Å². The summed E-state index contributed by atoms with van der Waals surface area (Å²) >= 11 is 5.45. The molecule has 1 rings (SSSR count). The molecule has 0 aromatic rings. The number of hydrogen-bond acceptors (Lipinski definition) is 1. The minimum Gasteiger partial charge on any atom is -0.295 e. The Hall–Kier alpha value is -0.300. The van der Waals surface area contributed by atoms with Gasteiger partial charge in [0.1, 0.15) is 0 Å². The Morgan fingerprint density at radius 1 is 1.11 bits per heavy atom. The van der Waals surface area contributed by atoms with Gasteiger partial charge in [-0.1, -0.05) is 57.0 Å². The first-order valence-electron chi connectivity index (χ1n) is 7.58. The highest BCUT2D eigenvalue weighted by Gasteiger charge is 2.24. The van der Waals surface area contributed by atoms with Crippen molar-refractivity contribution in [3.05, 3.63) is 11.6 Å². The Morgan fingerprint density at radius 2 is 1.78 bits per heavy atom. The van der Waals surface area contributed by atoms with E-state index in [-0.39, 0.29) is 11.7 Å². The number of allylic oxidation sites excluding steroid dienone is 1. The number of hydrogen-bond donors (Lipinski definition) is 0. The molecule has 104 valence electrons. The molecule has 1 nitrogen and oxygen atoms in total. The molecule has 1 fully saturated rings. The number of carbonyl (C=O) groups is 1. The van der Waals surface area contributed by atoms with Gasteiger partial charge in [0.25, 0.3) is 0 Å². The predicted octanol–water partition coefficient (Wildman–Crippen LogP) is 5.47. The van der Waals surface area contributed by atoms with E-state index in [1.807, 2.05) is 0 Å². The lowest BCUT2D eigenvalue weighted by Crippen LogP contribution is -2.20. The van der Waals surface area contributed by atoms with Crippen molar-refractivity contribution < 1.29 is 4.79 Å². The van der Waals surface area contributed by atoms with Crippen LogP contribution >= 0.6 is 11.6 Å². The summed E-state index contributed by atoms with van der Waals surface area (Å²) in [5, 5.41) is 0. The van der Waals surface area contributed by atoms with Crippen LogP contribution in [0.3, 0.4) is 0 Å². The smallest absolute Gasteiger partial charge is 0.159 e. The van der Waals surface area contributed by atoms with Gasteiger partial charge in [-0.2, -0.15) is 0 Å². The molecule has 1 aliphatic carbocycles. The lowest BCUT2D eigenvalue weighted by Gasteiger charge is -2.27. The highest BCUT2D eigenvalue weighted by atomic mass is 35.5. The zero-order chi connectivity index (χ0) is 13.2. The molecule has 18 heavy (non-hydrogen) atoms. The minimum atomic E-state index is 0.228. The van der Waals surface area contributed by atoms with Crippen molar-refractivity contribution in [2.24, 2.45) is 11.8 Å². The maximum atomic E-state index is 11.7. The molecule has 0 aliphatic heterocycles. The summed E-state index contributed by atoms with van der Waals surface area (Å²) in [7, 11) is 0. The van der Waals surface area contributed by atoms with E-state index in [2.05, 4.69) is 6.92 Å². The molecule has 0 spiro atoms. The van der Waals surface area contributed by atoms with Crippen LogP contribution in [0.2, 0.25) is 0 Å². The van der Waals surface area contributed by atoms with Crippen LogP contribution < -0.4 is 0 Å². The number of halogens is 1. The van der Waals surface area contributed by atoms with Crippen LogP contribution in [0.5, 0.6) is 0 Å². The fourth-order valence-electron chi connectivity index (χ4n) is 2.97. The molecule has 0 radical (unpaired) electrons. The topological polar surface area (TPSA) is 17.1 Å². The van der Waals surface area contributed by atoms with E-state index in [1.165, 1.54) is 63.0 Å². The van der Waals surface area contributed by atoms with Gasteiger partial charge < -0.3 is 0 Å². The first-order chi connectivity index (χ1) is 8.77. The molecule has 0 bridgehead atoms. The van der Waals surface area contributed by atoms with E-state index < -0.39 is 0 Å². The van der Waals surface area contributed by atoms with E-state index in [4.69, 9.17) is 11.6 Å². The summed E-state index contributed by atoms with van der Waals surface area (Å²) in [5.41, 5.74) is 1.35. The van der Waals surface area contributed by atoms with Crippen molar-refractivity contribution in [3.63, 3.8) is 0 Å². The van der Waals surface area contributed by atoms with E-state index in [0.717, 1.165) is 18.8 Å². The van der Waals surface area contributed by atoms with E-state index in [9.17, 15) is 4.79 Å². The van der Waals surface area contributed by atoms with Crippen LogP contribution in [-0.2, 0) is 4.79 Å². The Morgan fingerprint density at radius 3 is 2.39 bits per heavy atom. The first-order valence-corrected chi connectivity index (χ1v) is 8.02. The lowest BCUT2D eigenvalue weighted by atomic mass is 9.78. The average Bonchev–Trinajstić information content (AvgIpc) is 2.39. The summed E-state index contributed by atoms with van der Waals surface area (Å²) in [4.78, 5) is 11.7. The molecular formula is C16H27ClO. The van der Waals surface area contributed by atoms with Crippen LogP contribution in [0.15, 0.2) is 11.6 Å². The van der Waals surface area contributed by atoms with E-state index >= 15 is 0 Å². The summed E-state index contributed by atoms with van der Waals surface area (Å²) in [6, 6.07) is 0. The second kappa shape index (κ2) is 9.61. The molecule has 2 heteroatoms. The van der Waals surface area contributed by atoms with E-state index in [0.29, 0.717) is 0 Å². The zero-order valence-electron chi connectivity index (χ0n) is 11.7. The van der Waals surface area contributed by atoms with Gasteiger partial charge in [-0.15, -0.1) is 0 Å². The van der Waals surface area contributed by atoms with Crippen molar-refractivity contribution in [2.45, 2.75) is 71.1 Å². The quantitative estimate of drug-likeness (QED) is 0.422. The van der Waals surface area contributed by atoms with Gasteiger partial charge >= 0.3 is 0 Å². The molecule has 1 saturated carbocycles. The van der Waals surface area contributed by atoms with Gasteiger partial charge in [-0.25, -0.2) is 0 Å². The second-order valence-corrected chi connectivity index (χ2v) is 5.87. The van der Waals surface area contributed by atoms with Crippen molar-refractivity contribution >= 4 is 17.4 Å². The van der Waals surface area contributed by atoms with Crippen LogP contribution in [0, 0.1) is 11.8 Å². The van der Waals surface area contributed by atoms with Crippen molar-refractivity contribution in [1.82, 2.24) is 0 Å². The van der Waals surface area contributed by atoms with Crippen LogP contribution in [0.25, 0.3) is 0 Å². The minimum absolute atomic E-state index is 0.228. The van der Waals surface area contributed by atoms with Crippen molar-refractivity contribution in [2.75, 3.05) is 0 Å². The number of rotatable bonds is 8. The van der Waals surface area contributed by atoms with Crippen LogP contribution in [-0.4, -0.2) is 5.78 Å². The van der Waals surface area contributed by atoms with Gasteiger partial charge in [0.05, 0.1) is 0 Å². The molecule has 0 N–H and O–H groups in total. The molecule has 1 aliphatic rings. The first kappa shape index (κ1) is 15.8. The largest absolute Gasteiger partial charge is 0.295 e. The normalized spacial score (nSPS) is 24.6. The molecule has 0 heterocycles. The summed E-state index contributed by atoms with van der Waals surface area (Å²) in [6.45, 7) is 2.26. The monoisotopic (exact) mass is 270 g/mol. The maximum Gasteiger partial charge on any atom is 0.159 e. The summed E-state index contributed by atoms with van der Waals surface area (Å²) in [6.07, 6.45) is 14.4. The molecule has 0 atom stereocenters.